The van der Waals surface area contributed by atoms with Crippen LogP contribution in [0.5, 0.6) is 0 Å². The van der Waals surface area contributed by atoms with Gasteiger partial charge in [0.05, 0.1) is 35.5 Å². The third-order valence-electron chi connectivity index (χ3n) is 2.80. The molecule has 0 bridgehead atoms. The van der Waals surface area contributed by atoms with Gasteiger partial charge in [-0.05, 0) is 12.1 Å². The van der Waals surface area contributed by atoms with Crippen molar-refractivity contribution in [3.8, 4) is 0 Å². The largest absolute Gasteiger partial charge is 0.399 e. The normalized spacial score (nSPS) is 16.3. The highest BCUT2D eigenvalue weighted by Gasteiger charge is 2.16. The summed E-state index contributed by atoms with van der Waals surface area (Å²) in [6, 6.07) is 3.11. The lowest BCUT2D eigenvalue weighted by molar-refractivity contribution is -0.118. The average molecular weight is 304 g/mol. The molecule has 19 heavy (non-hydrogen) atoms. The Balaban J connectivity index is 1.98. The van der Waals surface area contributed by atoms with Crippen molar-refractivity contribution >= 4 is 40.5 Å². The maximum absolute atomic E-state index is 11.9. The molecule has 1 aliphatic rings. The summed E-state index contributed by atoms with van der Waals surface area (Å²) in [7, 11) is 0. The molecule has 0 radical (unpaired) electrons. The second-order valence-corrected chi connectivity index (χ2v) is 5.11. The van der Waals surface area contributed by atoms with Crippen LogP contribution in [0.4, 0.5) is 11.4 Å². The first kappa shape index (κ1) is 14.4. The molecule has 1 amide bonds. The number of hydrogen-bond acceptors (Lipinski definition) is 4. The number of ether oxygens (including phenoxy) is 1. The van der Waals surface area contributed by atoms with Gasteiger partial charge in [0.25, 0.3) is 0 Å². The van der Waals surface area contributed by atoms with Crippen LogP contribution in [0.2, 0.25) is 10.0 Å². The predicted octanol–water partition coefficient (Wildman–Crippen LogP) is 1.85. The lowest BCUT2D eigenvalue weighted by Crippen LogP contribution is -2.41. The molecule has 5 nitrogen and oxygen atoms in total. The van der Waals surface area contributed by atoms with Crippen LogP contribution in [0, 0.1) is 0 Å². The number of benzene rings is 1. The highest BCUT2D eigenvalue weighted by atomic mass is 35.5. The molecular formula is C12H15Cl2N3O2. The van der Waals surface area contributed by atoms with Gasteiger partial charge in [0, 0.05) is 18.8 Å². The molecule has 2 rings (SSSR count). The van der Waals surface area contributed by atoms with Gasteiger partial charge in [-0.3, -0.25) is 9.69 Å². The van der Waals surface area contributed by atoms with Crippen molar-refractivity contribution in [2.24, 2.45) is 0 Å². The molecule has 1 heterocycles. The van der Waals surface area contributed by atoms with Gasteiger partial charge in [-0.15, -0.1) is 0 Å². The molecule has 0 unspecified atom stereocenters. The Bertz CT molecular complexity index is 453. The van der Waals surface area contributed by atoms with Crippen LogP contribution in [0.3, 0.4) is 0 Å². The quantitative estimate of drug-likeness (QED) is 0.836. The summed E-state index contributed by atoms with van der Waals surface area (Å²) in [6.07, 6.45) is 0. The van der Waals surface area contributed by atoms with Crippen molar-refractivity contribution in [1.29, 1.82) is 0 Å². The van der Waals surface area contributed by atoms with Gasteiger partial charge in [0.2, 0.25) is 5.91 Å². The number of carbonyl (C=O) groups is 1. The van der Waals surface area contributed by atoms with Crippen LogP contribution in [0.1, 0.15) is 0 Å². The smallest absolute Gasteiger partial charge is 0.238 e. The van der Waals surface area contributed by atoms with E-state index in [4.69, 9.17) is 33.7 Å². The molecule has 0 spiro atoms. The van der Waals surface area contributed by atoms with E-state index in [0.717, 1.165) is 13.1 Å². The molecule has 3 N–H and O–H groups in total. The first-order valence-electron chi connectivity index (χ1n) is 5.91. The fourth-order valence-electron chi connectivity index (χ4n) is 1.85. The van der Waals surface area contributed by atoms with Gasteiger partial charge in [-0.25, -0.2) is 0 Å². The zero-order chi connectivity index (χ0) is 13.8. The summed E-state index contributed by atoms with van der Waals surface area (Å²) in [5.41, 5.74) is 6.46. The Labute approximate surface area is 121 Å². The lowest BCUT2D eigenvalue weighted by atomic mass is 10.2. The molecule has 0 aromatic heterocycles. The van der Waals surface area contributed by atoms with Gasteiger partial charge in [0.1, 0.15) is 0 Å². The van der Waals surface area contributed by atoms with Crippen LogP contribution in [-0.4, -0.2) is 43.7 Å². The summed E-state index contributed by atoms with van der Waals surface area (Å²) in [4.78, 5) is 13.9. The standard InChI is InChI=1S/C12H15Cl2N3O2/c13-9-5-8(15)6-10(14)12(9)16-11(18)7-17-1-3-19-4-2-17/h5-6H,1-4,7,15H2,(H,16,18). The number of nitrogens with one attached hydrogen (secondary N) is 1. The minimum atomic E-state index is -0.157. The number of amides is 1. The van der Waals surface area contributed by atoms with E-state index < -0.39 is 0 Å². The van der Waals surface area contributed by atoms with Gasteiger partial charge >= 0.3 is 0 Å². The van der Waals surface area contributed by atoms with Crippen molar-refractivity contribution in [2.75, 3.05) is 43.9 Å². The second-order valence-electron chi connectivity index (χ2n) is 4.30. The topological polar surface area (TPSA) is 67.6 Å². The molecule has 1 saturated heterocycles. The minimum Gasteiger partial charge on any atom is -0.399 e. The van der Waals surface area contributed by atoms with Gasteiger partial charge in [0.15, 0.2) is 0 Å². The summed E-state index contributed by atoms with van der Waals surface area (Å²) in [5.74, 6) is -0.157. The fraction of sp³-hybridized carbons (Fsp3) is 0.417. The molecule has 1 aromatic carbocycles. The molecule has 1 fully saturated rings. The first-order chi connectivity index (χ1) is 9.06. The number of anilines is 2. The van der Waals surface area contributed by atoms with Crippen molar-refractivity contribution in [2.45, 2.75) is 0 Å². The van der Waals surface area contributed by atoms with Crippen molar-refractivity contribution in [1.82, 2.24) is 4.90 Å². The Hall–Kier alpha value is -1.01. The summed E-state index contributed by atoms with van der Waals surface area (Å²) < 4.78 is 5.22. The van der Waals surface area contributed by atoms with Gasteiger partial charge in [-0.1, -0.05) is 23.2 Å². The summed E-state index contributed by atoms with van der Waals surface area (Å²) in [6.45, 7) is 3.08. The lowest BCUT2D eigenvalue weighted by Gasteiger charge is -2.25. The highest BCUT2D eigenvalue weighted by molar-refractivity contribution is 6.40. The van der Waals surface area contributed by atoms with E-state index in [2.05, 4.69) is 5.32 Å². The monoisotopic (exact) mass is 303 g/mol. The van der Waals surface area contributed by atoms with E-state index in [9.17, 15) is 4.79 Å². The number of halogens is 2. The van der Waals surface area contributed by atoms with Gasteiger partial charge < -0.3 is 15.8 Å². The minimum absolute atomic E-state index is 0.157. The highest BCUT2D eigenvalue weighted by Crippen LogP contribution is 2.32. The number of nitrogen functional groups attached to an aromatic ring is 1. The first-order valence-corrected chi connectivity index (χ1v) is 6.66. The average Bonchev–Trinajstić information content (AvgIpc) is 2.35. The molecule has 0 aliphatic carbocycles. The maximum Gasteiger partial charge on any atom is 0.238 e. The molecule has 1 aliphatic heterocycles. The molecule has 0 saturated carbocycles. The van der Waals surface area contributed by atoms with E-state index >= 15 is 0 Å². The summed E-state index contributed by atoms with van der Waals surface area (Å²) >= 11 is 12.0. The van der Waals surface area contributed by atoms with Crippen LogP contribution in [0.15, 0.2) is 12.1 Å². The second kappa shape index (κ2) is 6.43. The number of nitrogens with two attached hydrogens (primary N) is 1. The van der Waals surface area contributed by atoms with Crippen LogP contribution < -0.4 is 11.1 Å². The molecule has 7 heteroatoms. The molecule has 0 atom stereocenters. The van der Waals surface area contributed by atoms with E-state index in [-0.39, 0.29) is 5.91 Å². The van der Waals surface area contributed by atoms with Crippen molar-refractivity contribution in [3.63, 3.8) is 0 Å². The number of carbonyl (C=O) groups excluding carboxylic acids is 1. The van der Waals surface area contributed by atoms with Crippen molar-refractivity contribution in [3.05, 3.63) is 22.2 Å². The van der Waals surface area contributed by atoms with E-state index in [0.29, 0.717) is 41.2 Å². The summed E-state index contributed by atoms with van der Waals surface area (Å²) in [5, 5.41) is 3.38. The maximum atomic E-state index is 11.9. The zero-order valence-corrected chi connectivity index (χ0v) is 11.8. The van der Waals surface area contributed by atoms with Crippen LogP contribution >= 0.6 is 23.2 Å². The van der Waals surface area contributed by atoms with E-state index in [1.54, 1.807) is 12.1 Å². The molecular weight excluding hydrogens is 289 g/mol. The van der Waals surface area contributed by atoms with E-state index in [1.807, 2.05) is 4.90 Å². The Morgan fingerprint density at radius 3 is 2.47 bits per heavy atom. The third kappa shape index (κ3) is 3.98. The third-order valence-corrected chi connectivity index (χ3v) is 3.40. The molecule has 104 valence electrons. The SMILES string of the molecule is Nc1cc(Cl)c(NC(=O)CN2CCOCC2)c(Cl)c1. The van der Waals surface area contributed by atoms with Gasteiger partial charge in [-0.2, -0.15) is 0 Å². The van der Waals surface area contributed by atoms with Crippen LogP contribution in [0.25, 0.3) is 0 Å². The van der Waals surface area contributed by atoms with Crippen molar-refractivity contribution < 1.29 is 9.53 Å². The fourth-order valence-corrected chi connectivity index (χ4v) is 2.45. The Kier molecular flexibility index (Phi) is 4.87. The zero-order valence-electron chi connectivity index (χ0n) is 10.3. The number of nitrogens with zero attached hydrogens (tertiary/aromatic N) is 1. The predicted molar refractivity (Wildman–Crippen MR) is 76.8 cm³/mol. The number of morpholine rings is 1. The number of hydrogen-bond donors (Lipinski definition) is 2. The van der Waals surface area contributed by atoms with Crippen LogP contribution in [-0.2, 0) is 9.53 Å². The Morgan fingerprint density at radius 2 is 1.89 bits per heavy atom. The number of rotatable bonds is 3. The Morgan fingerprint density at radius 1 is 1.32 bits per heavy atom. The molecule has 1 aromatic rings. The van der Waals surface area contributed by atoms with E-state index in [1.165, 1.54) is 0 Å².